The highest BCUT2D eigenvalue weighted by molar-refractivity contribution is 7.86. The summed E-state index contributed by atoms with van der Waals surface area (Å²) < 4.78 is 66.1. The molecule has 0 spiro atoms. The van der Waals surface area contributed by atoms with Gasteiger partial charge in [-0.1, -0.05) is 29.8 Å². The first-order valence-corrected chi connectivity index (χ1v) is 15.3. The lowest BCUT2D eigenvalue weighted by atomic mass is 10.1. The monoisotopic (exact) mass is 641 g/mol. The number of anilines is 4. The van der Waals surface area contributed by atoms with Gasteiger partial charge in [0.2, 0.25) is 17.2 Å². The molecule has 5 aromatic rings. The number of fused-ring (bicyclic) bond motifs is 1. The average molecular weight is 642 g/mol. The minimum Gasteiger partial charge on any atom is -0.505 e. The van der Waals surface area contributed by atoms with Gasteiger partial charge in [-0.05, 0) is 72.4 Å². The number of halogens is 1. The Morgan fingerprint density at radius 2 is 1.44 bits per heavy atom. The Morgan fingerprint density at radius 1 is 0.767 bits per heavy atom. The number of nitrogens with zero attached hydrogens (tertiary/aromatic N) is 5. The van der Waals surface area contributed by atoms with Gasteiger partial charge in [0.25, 0.3) is 20.2 Å². The van der Waals surface area contributed by atoms with Gasteiger partial charge in [-0.15, -0.1) is 5.11 Å². The van der Waals surface area contributed by atoms with Crippen LogP contribution in [-0.4, -0.2) is 46.0 Å². The van der Waals surface area contributed by atoms with Gasteiger partial charge in [0, 0.05) is 11.1 Å². The summed E-state index contributed by atoms with van der Waals surface area (Å²) in [6, 6.07) is 17.5. The molecule has 0 radical (unpaired) electrons. The smallest absolute Gasteiger partial charge is 0.294 e. The van der Waals surface area contributed by atoms with Gasteiger partial charge in [0.15, 0.2) is 5.75 Å². The van der Waals surface area contributed by atoms with Crippen molar-refractivity contribution in [3.05, 3.63) is 83.6 Å². The molecular weight excluding hydrogens is 622 g/mol. The van der Waals surface area contributed by atoms with Crippen molar-refractivity contribution in [1.82, 2.24) is 15.0 Å². The molecule has 220 valence electrons. The zero-order valence-corrected chi connectivity index (χ0v) is 24.2. The van der Waals surface area contributed by atoms with Crippen LogP contribution < -0.4 is 10.6 Å². The summed E-state index contributed by atoms with van der Waals surface area (Å²) in [5.41, 5.74) is 1.76. The molecule has 0 fully saturated rings. The molecule has 0 saturated heterocycles. The molecule has 17 heteroatoms. The Balaban J connectivity index is 1.56. The third kappa shape index (κ3) is 7.02. The summed E-state index contributed by atoms with van der Waals surface area (Å²) >= 11 is 6.08. The van der Waals surface area contributed by atoms with E-state index in [1.807, 2.05) is 19.1 Å². The first kappa shape index (κ1) is 29.7. The molecule has 0 unspecified atom stereocenters. The van der Waals surface area contributed by atoms with E-state index in [-0.39, 0.29) is 55.7 Å². The highest BCUT2D eigenvalue weighted by atomic mass is 35.5. The second kappa shape index (κ2) is 11.5. The molecule has 0 aliphatic heterocycles. The van der Waals surface area contributed by atoms with Crippen LogP contribution in [0, 0.1) is 6.92 Å². The number of benzene rings is 4. The number of hydrogen-bond donors (Lipinski definition) is 5. The first-order valence-electron chi connectivity index (χ1n) is 12.0. The standard InChI is InChI=1S/C26H20ClN7O7S2/c1-14-5-8-16(9-6-14)33-34-20-10-7-15-11-19(43(39,40)41)13-21(22(15)23(20)35)29-26-31-24(27)30-25(32-26)28-17-3-2-4-18(12-17)42(36,37)38/h2-13,35H,1H3,(H,36,37,38)(H,39,40,41)(H2,28,29,30,31,32). The predicted octanol–water partition coefficient (Wildman–Crippen LogP) is 6.09. The van der Waals surface area contributed by atoms with E-state index in [1.165, 1.54) is 30.3 Å². The highest BCUT2D eigenvalue weighted by Crippen LogP contribution is 2.41. The van der Waals surface area contributed by atoms with Crippen LogP contribution in [0.1, 0.15) is 5.56 Å². The van der Waals surface area contributed by atoms with E-state index in [2.05, 4.69) is 35.8 Å². The number of phenolic OH excluding ortho intramolecular Hbond substituents is 1. The van der Waals surface area contributed by atoms with E-state index in [4.69, 9.17) is 11.6 Å². The van der Waals surface area contributed by atoms with Crippen molar-refractivity contribution >= 4 is 77.3 Å². The topological polar surface area (TPSA) is 216 Å². The number of nitrogens with one attached hydrogen (secondary N) is 2. The number of azo groups is 1. The Labute approximate surface area is 249 Å². The number of phenols is 1. The molecule has 0 atom stereocenters. The molecule has 0 bridgehead atoms. The molecular formula is C26H20ClN7O7S2. The van der Waals surface area contributed by atoms with Crippen molar-refractivity contribution in [3.8, 4) is 5.75 Å². The lowest BCUT2D eigenvalue weighted by Crippen LogP contribution is -2.06. The fourth-order valence-corrected chi connectivity index (χ4v) is 5.13. The molecule has 0 aliphatic carbocycles. The van der Waals surface area contributed by atoms with E-state index < -0.39 is 25.1 Å². The lowest BCUT2D eigenvalue weighted by Gasteiger charge is -2.14. The van der Waals surface area contributed by atoms with E-state index in [0.717, 1.165) is 23.8 Å². The van der Waals surface area contributed by atoms with Crippen LogP contribution in [-0.2, 0) is 20.2 Å². The van der Waals surface area contributed by atoms with Crippen molar-refractivity contribution in [3.63, 3.8) is 0 Å². The maximum absolute atomic E-state index is 12.0. The van der Waals surface area contributed by atoms with Crippen LogP contribution >= 0.6 is 11.6 Å². The fraction of sp³-hybridized carbons (Fsp3) is 0.0385. The van der Waals surface area contributed by atoms with Crippen LogP contribution in [0.15, 0.2) is 92.8 Å². The maximum Gasteiger partial charge on any atom is 0.294 e. The van der Waals surface area contributed by atoms with E-state index >= 15 is 0 Å². The maximum atomic E-state index is 12.0. The van der Waals surface area contributed by atoms with Gasteiger partial charge in [-0.25, -0.2) is 0 Å². The molecule has 1 aromatic heterocycles. The van der Waals surface area contributed by atoms with Crippen LogP contribution in [0.3, 0.4) is 0 Å². The first-order chi connectivity index (χ1) is 20.3. The second-order valence-corrected chi connectivity index (χ2v) is 12.2. The second-order valence-electron chi connectivity index (χ2n) is 9.02. The largest absolute Gasteiger partial charge is 0.505 e. The Kier molecular flexibility index (Phi) is 7.96. The SMILES string of the molecule is Cc1ccc(N=Nc2ccc3cc(S(=O)(=O)O)cc(Nc4nc(Cl)nc(Nc5cccc(S(=O)(=O)O)c5)n4)c3c2O)cc1. The Hall–Kier alpha value is -4.74. The highest BCUT2D eigenvalue weighted by Gasteiger charge is 2.19. The van der Waals surface area contributed by atoms with Gasteiger partial charge in [-0.3, -0.25) is 9.11 Å². The Morgan fingerprint density at radius 3 is 2.12 bits per heavy atom. The summed E-state index contributed by atoms with van der Waals surface area (Å²) in [6.45, 7) is 1.92. The molecule has 5 rings (SSSR count). The van der Waals surface area contributed by atoms with E-state index in [1.54, 1.807) is 12.1 Å². The molecule has 4 aromatic carbocycles. The van der Waals surface area contributed by atoms with Crippen LogP contribution in [0.25, 0.3) is 10.8 Å². The number of hydrogen-bond acceptors (Lipinski definition) is 12. The summed E-state index contributed by atoms with van der Waals surface area (Å²) in [5.74, 6) is -0.728. The van der Waals surface area contributed by atoms with Crippen molar-refractivity contribution in [2.45, 2.75) is 16.7 Å². The third-order valence-electron chi connectivity index (χ3n) is 5.89. The number of aromatic hydroxyl groups is 1. The minimum atomic E-state index is -4.68. The predicted molar refractivity (Wildman–Crippen MR) is 158 cm³/mol. The van der Waals surface area contributed by atoms with Crippen LogP contribution in [0.4, 0.5) is 34.6 Å². The molecule has 0 aliphatic rings. The summed E-state index contributed by atoms with van der Waals surface area (Å²) in [6.07, 6.45) is 0. The molecule has 0 saturated carbocycles. The van der Waals surface area contributed by atoms with Gasteiger partial charge < -0.3 is 15.7 Å². The van der Waals surface area contributed by atoms with Crippen molar-refractivity contribution < 1.29 is 31.0 Å². The van der Waals surface area contributed by atoms with Gasteiger partial charge in [0.1, 0.15) is 5.69 Å². The van der Waals surface area contributed by atoms with Crippen LogP contribution in [0.5, 0.6) is 5.75 Å². The van der Waals surface area contributed by atoms with Gasteiger partial charge >= 0.3 is 0 Å². The van der Waals surface area contributed by atoms with Crippen molar-refractivity contribution in [1.29, 1.82) is 0 Å². The zero-order valence-electron chi connectivity index (χ0n) is 21.8. The molecule has 0 amide bonds. The summed E-state index contributed by atoms with van der Waals surface area (Å²) in [5, 5.41) is 24.9. The summed E-state index contributed by atoms with van der Waals surface area (Å²) in [4.78, 5) is 11.2. The zero-order chi connectivity index (χ0) is 30.9. The number of aromatic nitrogens is 3. The number of rotatable bonds is 8. The van der Waals surface area contributed by atoms with Crippen molar-refractivity contribution in [2.75, 3.05) is 10.6 Å². The molecule has 1 heterocycles. The normalized spacial score (nSPS) is 12.1. The summed E-state index contributed by atoms with van der Waals surface area (Å²) in [7, 11) is -9.16. The Bertz CT molecular complexity index is 2130. The molecule has 43 heavy (non-hydrogen) atoms. The van der Waals surface area contributed by atoms with E-state index in [9.17, 15) is 31.0 Å². The fourth-order valence-electron chi connectivity index (χ4n) is 3.91. The van der Waals surface area contributed by atoms with E-state index in [0.29, 0.717) is 5.69 Å². The average Bonchev–Trinajstić information content (AvgIpc) is 2.92. The van der Waals surface area contributed by atoms with Gasteiger partial charge in [-0.2, -0.15) is 36.9 Å². The lowest BCUT2D eigenvalue weighted by molar-refractivity contribution is 0.480. The molecule has 14 nitrogen and oxygen atoms in total. The quantitative estimate of drug-likeness (QED) is 0.0960. The number of aryl methyl sites for hydroxylation is 1. The molecule has 5 N–H and O–H groups in total. The van der Waals surface area contributed by atoms with Crippen LogP contribution in [0.2, 0.25) is 5.28 Å². The third-order valence-corrected chi connectivity index (χ3v) is 7.74. The minimum absolute atomic E-state index is 0.0448. The van der Waals surface area contributed by atoms with Crippen molar-refractivity contribution in [2.24, 2.45) is 10.2 Å². The van der Waals surface area contributed by atoms with Gasteiger partial charge in [0.05, 0.1) is 21.2 Å².